The fourth-order valence-corrected chi connectivity index (χ4v) is 1.81. The van der Waals surface area contributed by atoms with E-state index in [-0.39, 0.29) is 0 Å². The van der Waals surface area contributed by atoms with E-state index in [1.165, 1.54) is 0 Å². The summed E-state index contributed by atoms with van der Waals surface area (Å²) in [5.41, 5.74) is 4.05. The van der Waals surface area contributed by atoms with Crippen molar-refractivity contribution < 1.29 is 27.9 Å². The molecule has 0 aliphatic carbocycles. The van der Waals surface area contributed by atoms with Gasteiger partial charge in [-0.05, 0) is 13.3 Å². The molecule has 0 spiro atoms. The van der Waals surface area contributed by atoms with Crippen LogP contribution in [0.1, 0.15) is 23.2 Å². The summed E-state index contributed by atoms with van der Waals surface area (Å²) in [6.07, 6.45) is -4.05. The lowest BCUT2D eigenvalue weighted by Gasteiger charge is -2.02. The number of nitrogens with one attached hydrogen (secondary N) is 1. The van der Waals surface area contributed by atoms with Crippen LogP contribution in [-0.2, 0) is 9.63 Å². The number of nitrogens with zero attached hydrogens (tertiary/aromatic N) is 1. The summed E-state index contributed by atoms with van der Waals surface area (Å²) in [7, 11) is 0. The lowest BCUT2D eigenvalue weighted by atomic mass is 10.2. The summed E-state index contributed by atoms with van der Waals surface area (Å²) in [6.45, 7) is 2.81. The van der Waals surface area contributed by atoms with Crippen LogP contribution in [-0.4, -0.2) is 28.8 Å². The summed E-state index contributed by atoms with van der Waals surface area (Å²) in [5, 5.41) is 10.3. The number of alkyl halides is 3. The number of carboxylic acid groups (broad SMARTS) is 1. The molecule has 1 fully saturated rings. The molecule has 0 radical (unpaired) electrons. The van der Waals surface area contributed by atoms with E-state index < -0.39 is 12.1 Å². The summed E-state index contributed by atoms with van der Waals surface area (Å²) in [4.78, 5) is 18.3. The molecule has 2 N–H and O–H groups in total. The number of carbonyl (C=O) groups is 1. The predicted molar refractivity (Wildman–Crippen MR) is 57.0 cm³/mol. The van der Waals surface area contributed by atoms with Gasteiger partial charge >= 0.3 is 12.1 Å². The van der Waals surface area contributed by atoms with Gasteiger partial charge in [0, 0.05) is 5.38 Å². The molecule has 0 bridgehead atoms. The number of carboxylic acids is 1. The predicted octanol–water partition coefficient (Wildman–Crippen LogP) is 2.05. The smallest absolute Gasteiger partial charge is 0.475 e. The number of halogens is 3. The van der Waals surface area contributed by atoms with Gasteiger partial charge in [0.05, 0.1) is 23.4 Å². The lowest BCUT2D eigenvalue weighted by molar-refractivity contribution is -0.192. The lowest BCUT2D eigenvalue weighted by Crippen LogP contribution is -2.21. The first-order valence-corrected chi connectivity index (χ1v) is 5.78. The van der Waals surface area contributed by atoms with E-state index in [1.807, 2.05) is 6.92 Å². The summed E-state index contributed by atoms with van der Waals surface area (Å²) < 4.78 is 31.7. The van der Waals surface area contributed by atoms with E-state index >= 15 is 0 Å². The minimum Gasteiger partial charge on any atom is -0.475 e. The van der Waals surface area contributed by atoms with Crippen molar-refractivity contribution in [2.75, 3.05) is 6.61 Å². The third-order valence-corrected chi connectivity index (χ3v) is 2.76. The van der Waals surface area contributed by atoms with Gasteiger partial charge in [-0.25, -0.2) is 9.78 Å². The first-order chi connectivity index (χ1) is 8.30. The Kier molecular flexibility index (Phi) is 5.05. The molecule has 1 aliphatic rings. The van der Waals surface area contributed by atoms with E-state index in [2.05, 4.69) is 15.8 Å². The Bertz CT molecular complexity index is 402. The number of aliphatic carboxylic acids is 1. The topological polar surface area (TPSA) is 71.5 Å². The third-order valence-electron chi connectivity index (χ3n) is 1.97. The number of aromatic nitrogens is 1. The molecule has 1 aliphatic heterocycles. The Balaban J connectivity index is 0.000000203. The van der Waals surface area contributed by atoms with Crippen LogP contribution in [0, 0.1) is 6.92 Å². The fourth-order valence-electron chi connectivity index (χ4n) is 1.14. The van der Waals surface area contributed by atoms with Crippen molar-refractivity contribution in [1.82, 2.24) is 10.5 Å². The van der Waals surface area contributed by atoms with E-state index in [0.717, 1.165) is 23.7 Å². The maximum Gasteiger partial charge on any atom is 0.490 e. The molecule has 1 aromatic heterocycles. The Morgan fingerprint density at radius 1 is 1.67 bits per heavy atom. The molecular formula is C9H11F3N2O3S. The zero-order chi connectivity index (χ0) is 13.8. The maximum atomic E-state index is 10.6. The van der Waals surface area contributed by atoms with E-state index in [1.54, 1.807) is 11.3 Å². The third kappa shape index (κ3) is 4.59. The van der Waals surface area contributed by atoms with Crippen molar-refractivity contribution in [1.29, 1.82) is 0 Å². The van der Waals surface area contributed by atoms with Crippen molar-refractivity contribution in [3.05, 3.63) is 16.1 Å². The Morgan fingerprint density at radius 2 is 2.28 bits per heavy atom. The van der Waals surface area contributed by atoms with Crippen LogP contribution in [0.2, 0.25) is 0 Å². The molecule has 0 amide bonds. The summed E-state index contributed by atoms with van der Waals surface area (Å²) in [5.74, 6) is -2.76. The molecule has 2 heterocycles. The van der Waals surface area contributed by atoms with Crippen molar-refractivity contribution in [2.45, 2.75) is 25.6 Å². The van der Waals surface area contributed by atoms with Crippen LogP contribution < -0.4 is 5.48 Å². The summed E-state index contributed by atoms with van der Waals surface area (Å²) in [6, 6.07) is 0.319. The van der Waals surface area contributed by atoms with Crippen LogP contribution in [0.3, 0.4) is 0 Å². The van der Waals surface area contributed by atoms with Gasteiger partial charge in [-0.1, -0.05) is 0 Å². The molecule has 5 nitrogen and oxygen atoms in total. The number of hydrogen-bond acceptors (Lipinski definition) is 5. The summed E-state index contributed by atoms with van der Waals surface area (Å²) >= 11 is 1.68. The molecule has 102 valence electrons. The van der Waals surface area contributed by atoms with E-state index in [4.69, 9.17) is 14.7 Å². The van der Waals surface area contributed by atoms with Gasteiger partial charge in [-0.3, -0.25) is 0 Å². The first-order valence-electron chi connectivity index (χ1n) is 4.90. The molecule has 1 atom stereocenters. The van der Waals surface area contributed by atoms with Crippen LogP contribution in [0.25, 0.3) is 0 Å². The molecule has 9 heteroatoms. The molecule has 1 saturated heterocycles. The average molecular weight is 284 g/mol. The average Bonchev–Trinajstić information content (AvgIpc) is 2.86. The minimum absolute atomic E-state index is 0.319. The van der Waals surface area contributed by atoms with Crippen molar-refractivity contribution in [3.8, 4) is 0 Å². The minimum atomic E-state index is -5.08. The highest BCUT2D eigenvalue weighted by Gasteiger charge is 2.38. The van der Waals surface area contributed by atoms with Crippen molar-refractivity contribution in [2.24, 2.45) is 0 Å². The zero-order valence-corrected chi connectivity index (χ0v) is 10.1. The molecular weight excluding hydrogens is 273 g/mol. The van der Waals surface area contributed by atoms with Gasteiger partial charge in [0.1, 0.15) is 0 Å². The van der Waals surface area contributed by atoms with Crippen LogP contribution in [0.4, 0.5) is 13.2 Å². The quantitative estimate of drug-likeness (QED) is 0.826. The van der Waals surface area contributed by atoms with Gasteiger partial charge < -0.3 is 9.94 Å². The van der Waals surface area contributed by atoms with Crippen LogP contribution >= 0.6 is 11.3 Å². The Labute approximate surface area is 105 Å². The maximum absolute atomic E-state index is 10.6. The first kappa shape index (κ1) is 14.9. The highest BCUT2D eigenvalue weighted by molar-refractivity contribution is 7.09. The van der Waals surface area contributed by atoms with Gasteiger partial charge in [-0.15, -0.1) is 11.3 Å². The molecule has 2 rings (SSSR count). The van der Waals surface area contributed by atoms with E-state index in [0.29, 0.717) is 6.04 Å². The second-order valence-corrected chi connectivity index (χ2v) is 4.46. The van der Waals surface area contributed by atoms with Crippen LogP contribution in [0.15, 0.2) is 5.38 Å². The van der Waals surface area contributed by atoms with Crippen LogP contribution in [0.5, 0.6) is 0 Å². The van der Waals surface area contributed by atoms with Gasteiger partial charge in [0.25, 0.3) is 0 Å². The highest BCUT2D eigenvalue weighted by atomic mass is 32.1. The molecule has 18 heavy (non-hydrogen) atoms. The number of rotatable bonds is 1. The largest absolute Gasteiger partial charge is 0.490 e. The molecule has 1 aromatic rings. The van der Waals surface area contributed by atoms with Crippen molar-refractivity contribution in [3.63, 3.8) is 0 Å². The normalized spacial score (nSPS) is 19.2. The van der Waals surface area contributed by atoms with Crippen molar-refractivity contribution >= 4 is 17.3 Å². The Morgan fingerprint density at radius 3 is 2.61 bits per heavy atom. The fraction of sp³-hybridized carbons (Fsp3) is 0.556. The second-order valence-electron chi connectivity index (χ2n) is 3.40. The van der Waals surface area contributed by atoms with Gasteiger partial charge in [0.2, 0.25) is 0 Å². The van der Waals surface area contributed by atoms with E-state index in [9.17, 15) is 13.2 Å². The highest BCUT2D eigenvalue weighted by Crippen LogP contribution is 2.22. The monoisotopic (exact) mass is 284 g/mol. The SMILES string of the molecule is Cc1nc([C@@H]2CCON2)cs1.O=C(O)C(F)(F)F. The molecule has 0 aromatic carbocycles. The molecule has 0 unspecified atom stereocenters. The second kappa shape index (κ2) is 6.12. The van der Waals surface area contributed by atoms with Gasteiger partial charge in [0.15, 0.2) is 0 Å². The standard InChI is InChI=1S/C7H10N2OS.C2HF3O2/c1-5-8-7(4-11-5)6-2-3-10-9-6;3-2(4,5)1(6)7/h4,6,9H,2-3H2,1H3;(H,6,7)/t6-;/m0./s1. The zero-order valence-electron chi connectivity index (χ0n) is 9.32. The van der Waals surface area contributed by atoms with Gasteiger partial charge in [-0.2, -0.15) is 18.7 Å². The number of hydroxylamine groups is 1. The molecule has 0 saturated carbocycles. The number of aryl methyl sites for hydroxylation is 1. The number of hydrogen-bond donors (Lipinski definition) is 2. The Hall–Kier alpha value is -1.19. The number of thiazole rings is 1.